The molecular formula is C15H30N2O3. The van der Waals surface area contributed by atoms with Gasteiger partial charge in [-0.2, -0.15) is 0 Å². The van der Waals surface area contributed by atoms with E-state index in [2.05, 4.69) is 26.1 Å². The molecule has 0 aromatic carbocycles. The number of nitrogens with two attached hydrogens (primary N) is 1. The van der Waals surface area contributed by atoms with E-state index < -0.39 is 5.97 Å². The van der Waals surface area contributed by atoms with Crippen LogP contribution in [0, 0.1) is 11.3 Å². The van der Waals surface area contributed by atoms with Crippen LogP contribution in [0.1, 0.15) is 59.8 Å². The molecule has 0 saturated heterocycles. The molecule has 0 heterocycles. The molecule has 0 fully saturated rings. The zero-order valence-electron chi connectivity index (χ0n) is 13.2. The third-order valence-corrected chi connectivity index (χ3v) is 3.13. The first-order valence-corrected chi connectivity index (χ1v) is 7.34. The van der Waals surface area contributed by atoms with E-state index in [0.29, 0.717) is 25.3 Å². The smallest absolute Gasteiger partial charge is 0.303 e. The summed E-state index contributed by atoms with van der Waals surface area (Å²) in [4.78, 5) is 22.1. The lowest BCUT2D eigenvalue weighted by Crippen LogP contribution is -2.34. The van der Waals surface area contributed by atoms with Crippen molar-refractivity contribution in [3.8, 4) is 0 Å². The average Bonchev–Trinajstić information content (AvgIpc) is 2.23. The Hall–Kier alpha value is -1.10. The van der Waals surface area contributed by atoms with Crippen LogP contribution in [0.5, 0.6) is 0 Å². The molecule has 5 nitrogen and oxygen atoms in total. The van der Waals surface area contributed by atoms with Crippen molar-refractivity contribution in [2.45, 2.75) is 65.8 Å². The van der Waals surface area contributed by atoms with Crippen LogP contribution in [0.2, 0.25) is 0 Å². The van der Waals surface area contributed by atoms with Gasteiger partial charge in [0, 0.05) is 25.4 Å². The second kappa shape index (κ2) is 8.95. The molecule has 4 N–H and O–H groups in total. The van der Waals surface area contributed by atoms with E-state index >= 15 is 0 Å². The van der Waals surface area contributed by atoms with E-state index in [9.17, 15) is 9.59 Å². The van der Waals surface area contributed by atoms with Crippen molar-refractivity contribution in [3.63, 3.8) is 0 Å². The van der Waals surface area contributed by atoms with Crippen molar-refractivity contribution in [3.05, 3.63) is 0 Å². The summed E-state index contributed by atoms with van der Waals surface area (Å²) in [7, 11) is 0. The van der Waals surface area contributed by atoms with Gasteiger partial charge in [0.15, 0.2) is 0 Å². The van der Waals surface area contributed by atoms with Crippen LogP contribution in [-0.2, 0) is 9.59 Å². The van der Waals surface area contributed by atoms with Gasteiger partial charge in [0.05, 0.1) is 0 Å². The molecule has 20 heavy (non-hydrogen) atoms. The first-order valence-electron chi connectivity index (χ1n) is 7.34. The number of carbonyl (C=O) groups excluding carboxylic acids is 1. The second-order valence-corrected chi connectivity index (χ2v) is 6.91. The molecule has 2 atom stereocenters. The Morgan fingerprint density at radius 3 is 2.35 bits per heavy atom. The number of rotatable bonds is 9. The Morgan fingerprint density at radius 2 is 1.85 bits per heavy atom. The topological polar surface area (TPSA) is 92.4 Å². The molecule has 0 saturated carbocycles. The minimum Gasteiger partial charge on any atom is -0.481 e. The summed E-state index contributed by atoms with van der Waals surface area (Å²) in [6, 6.07) is -0.112. The van der Waals surface area contributed by atoms with Crippen LogP contribution in [0.25, 0.3) is 0 Å². The number of carbonyl (C=O) groups is 2. The minimum atomic E-state index is -0.769. The van der Waals surface area contributed by atoms with E-state index in [0.717, 1.165) is 12.8 Å². The summed E-state index contributed by atoms with van der Waals surface area (Å²) < 4.78 is 0. The summed E-state index contributed by atoms with van der Waals surface area (Å²) in [6.07, 6.45) is 2.80. The molecule has 0 aliphatic heterocycles. The standard InChI is InChI=1S/C15H30N2O3/c1-11(5-6-14(19)20)7-8-17-13(18)9-12(16)10-15(2,3)4/h11-12H,5-10,16H2,1-4H3,(H,17,18)(H,19,20). The van der Waals surface area contributed by atoms with Crippen LogP contribution < -0.4 is 11.1 Å². The Morgan fingerprint density at radius 1 is 1.25 bits per heavy atom. The number of aliphatic carboxylic acids is 1. The van der Waals surface area contributed by atoms with E-state index in [1.807, 2.05) is 6.92 Å². The van der Waals surface area contributed by atoms with Crippen LogP contribution in [0.4, 0.5) is 0 Å². The molecule has 1 amide bonds. The fourth-order valence-corrected chi connectivity index (χ4v) is 2.14. The number of amides is 1. The molecule has 5 heteroatoms. The van der Waals surface area contributed by atoms with Gasteiger partial charge >= 0.3 is 5.97 Å². The predicted octanol–water partition coefficient (Wildman–Crippen LogP) is 2.15. The number of carboxylic acid groups (broad SMARTS) is 1. The lowest BCUT2D eigenvalue weighted by Gasteiger charge is -2.22. The average molecular weight is 286 g/mol. The number of hydrogen-bond donors (Lipinski definition) is 3. The van der Waals surface area contributed by atoms with Crippen LogP contribution >= 0.6 is 0 Å². The van der Waals surface area contributed by atoms with Gasteiger partial charge in [0.25, 0.3) is 0 Å². The first kappa shape index (κ1) is 18.9. The quantitative estimate of drug-likeness (QED) is 0.605. The van der Waals surface area contributed by atoms with E-state index in [-0.39, 0.29) is 23.8 Å². The molecule has 0 aromatic rings. The fraction of sp³-hybridized carbons (Fsp3) is 0.867. The van der Waals surface area contributed by atoms with E-state index in [1.165, 1.54) is 0 Å². The van der Waals surface area contributed by atoms with Crippen LogP contribution in [0.15, 0.2) is 0 Å². The van der Waals surface area contributed by atoms with Gasteiger partial charge in [-0.05, 0) is 30.6 Å². The lowest BCUT2D eigenvalue weighted by molar-refractivity contribution is -0.137. The van der Waals surface area contributed by atoms with Crippen molar-refractivity contribution in [2.75, 3.05) is 6.54 Å². The Balaban J connectivity index is 3.75. The summed E-state index contributed by atoms with van der Waals surface area (Å²) in [5.41, 5.74) is 6.08. The van der Waals surface area contributed by atoms with Crippen molar-refractivity contribution in [1.82, 2.24) is 5.32 Å². The van der Waals surface area contributed by atoms with Gasteiger partial charge < -0.3 is 16.2 Å². The highest BCUT2D eigenvalue weighted by Gasteiger charge is 2.18. The molecule has 2 unspecified atom stereocenters. The highest BCUT2D eigenvalue weighted by atomic mass is 16.4. The molecular weight excluding hydrogens is 256 g/mol. The van der Waals surface area contributed by atoms with Crippen molar-refractivity contribution in [2.24, 2.45) is 17.1 Å². The summed E-state index contributed by atoms with van der Waals surface area (Å²) in [6.45, 7) is 8.90. The maximum absolute atomic E-state index is 11.7. The Labute approximate surface area is 122 Å². The summed E-state index contributed by atoms with van der Waals surface area (Å²) in [5.74, 6) is -0.490. The number of nitrogens with one attached hydrogen (secondary N) is 1. The zero-order valence-corrected chi connectivity index (χ0v) is 13.2. The number of carboxylic acids is 1. The second-order valence-electron chi connectivity index (χ2n) is 6.91. The summed E-state index contributed by atoms with van der Waals surface area (Å²) in [5, 5.41) is 11.4. The molecule has 0 bridgehead atoms. The van der Waals surface area contributed by atoms with Crippen molar-refractivity contribution >= 4 is 11.9 Å². The highest BCUT2D eigenvalue weighted by Crippen LogP contribution is 2.20. The van der Waals surface area contributed by atoms with Gasteiger partial charge in [-0.1, -0.05) is 27.7 Å². The highest BCUT2D eigenvalue weighted by molar-refractivity contribution is 5.76. The van der Waals surface area contributed by atoms with Gasteiger partial charge in [-0.3, -0.25) is 9.59 Å². The molecule has 0 spiro atoms. The van der Waals surface area contributed by atoms with Crippen molar-refractivity contribution < 1.29 is 14.7 Å². The normalized spacial score (nSPS) is 14.7. The van der Waals surface area contributed by atoms with Gasteiger partial charge in [0.2, 0.25) is 5.91 Å². The lowest BCUT2D eigenvalue weighted by atomic mass is 9.87. The molecule has 0 aliphatic carbocycles. The maximum Gasteiger partial charge on any atom is 0.303 e. The predicted molar refractivity (Wildman–Crippen MR) is 80.3 cm³/mol. The van der Waals surface area contributed by atoms with Crippen LogP contribution in [0.3, 0.4) is 0 Å². The third-order valence-electron chi connectivity index (χ3n) is 3.13. The fourth-order valence-electron chi connectivity index (χ4n) is 2.14. The van der Waals surface area contributed by atoms with E-state index in [4.69, 9.17) is 10.8 Å². The molecule has 0 aliphatic rings. The first-order chi connectivity index (χ1) is 9.10. The number of hydrogen-bond acceptors (Lipinski definition) is 3. The Kier molecular flexibility index (Phi) is 8.46. The van der Waals surface area contributed by atoms with Crippen molar-refractivity contribution in [1.29, 1.82) is 0 Å². The Bertz CT molecular complexity index is 311. The van der Waals surface area contributed by atoms with Gasteiger partial charge in [-0.25, -0.2) is 0 Å². The van der Waals surface area contributed by atoms with Crippen LogP contribution in [-0.4, -0.2) is 29.6 Å². The SMILES string of the molecule is CC(CCNC(=O)CC(N)CC(C)(C)C)CCC(=O)O. The van der Waals surface area contributed by atoms with Gasteiger partial charge in [0.1, 0.15) is 0 Å². The van der Waals surface area contributed by atoms with E-state index in [1.54, 1.807) is 0 Å². The molecule has 0 radical (unpaired) electrons. The largest absolute Gasteiger partial charge is 0.481 e. The monoisotopic (exact) mass is 286 g/mol. The summed E-state index contributed by atoms with van der Waals surface area (Å²) >= 11 is 0. The molecule has 0 aromatic heterocycles. The molecule has 118 valence electrons. The zero-order chi connectivity index (χ0) is 15.8. The minimum absolute atomic E-state index is 0.0211. The maximum atomic E-state index is 11.7. The van der Waals surface area contributed by atoms with Gasteiger partial charge in [-0.15, -0.1) is 0 Å². The molecule has 0 rings (SSSR count). The third kappa shape index (κ3) is 12.0.